The molecule has 1 amide bonds. The summed E-state index contributed by atoms with van der Waals surface area (Å²) >= 11 is 0. The molecule has 0 aliphatic carbocycles. The van der Waals surface area contributed by atoms with Crippen molar-refractivity contribution in [3.63, 3.8) is 0 Å². The molecule has 1 N–H and O–H groups in total. The van der Waals surface area contributed by atoms with Crippen molar-refractivity contribution >= 4 is 11.6 Å². The summed E-state index contributed by atoms with van der Waals surface area (Å²) in [5.74, 6) is 2.10. The van der Waals surface area contributed by atoms with Crippen LogP contribution in [-0.4, -0.2) is 38.7 Å². The first-order chi connectivity index (χ1) is 11.9. The molecule has 25 heavy (non-hydrogen) atoms. The zero-order chi connectivity index (χ0) is 18.0. The number of rotatable bonds is 4. The van der Waals surface area contributed by atoms with E-state index in [9.17, 15) is 4.79 Å². The first kappa shape index (κ1) is 17.5. The molecule has 1 aromatic carbocycles. The lowest BCUT2D eigenvalue weighted by atomic mass is 9.91. The van der Waals surface area contributed by atoms with E-state index in [0.29, 0.717) is 18.4 Å². The van der Waals surface area contributed by atoms with Crippen LogP contribution in [0.2, 0.25) is 0 Å². The minimum absolute atomic E-state index is 0.125. The van der Waals surface area contributed by atoms with E-state index in [1.807, 2.05) is 37.1 Å². The summed E-state index contributed by atoms with van der Waals surface area (Å²) in [4.78, 5) is 19.1. The molecular weight excluding hydrogens is 314 g/mol. The van der Waals surface area contributed by atoms with Gasteiger partial charge in [0.05, 0.1) is 6.54 Å². The molecule has 0 spiro atoms. The standard InChI is InChI=1S/C19H27N5O/c1-13-7-14(2)11-24(10-13)19(25)16-6-5-15(3)17(8-16)20-9-18-21-12-22-23(18)4/h5-6,8,12-14,20H,7,9-11H2,1-4H3/t13-,14+. The van der Waals surface area contributed by atoms with E-state index in [2.05, 4.69) is 29.2 Å². The van der Waals surface area contributed by atoms with Crippen molar-refractivity contribution in [2.45, 2.75) is 33.7 Å². The fourth-order valence-electron chi connectivity index (χ4n) is 3.61. The number of carbonyl (C=O) groups is 1. The van der Waals surface area contributed by atoms with Gasteiger partial charge in [-0.05, 0) is 42.9 Å². The predicted octanol–water partition coefficient (Wildman–Crippen LogP) is 2.85. The van der Waals surface area contributed by atoms with Gasteiger partial charge in [0, 0.05) is 31.4 Å². The maximum Gasteiger partial charge on any atom is 0.253 e. The van der Waals surface area contributed by atoms with Gasteiger partial charge in [0.25, 0.3) is 5.91 Å². The van der Waals surface area contributed by atoms with Gasteiger partial charge in [-0.1, -0.05) is 19.9 Å². The zero-order valence-electron chi connectivity index (χ0n) is 15.5. The van der Waals surface area contributed by atoms with Crippen molar-refractivity contribution in [2.75, 3.05) is 18.4 Å². The number of aromatic nitrogens is 3. The molecule has 0 saturated carbocycles. The number of hydrogen-bond donors (Lipinski definition) is 1. The van der Waals surface area contributed by atoms with Crippen molar-refractivity contribution in [3.8, 4) is 0 Å². The van der Waals surface area contributed by atoms with Gasteiger partial charge in [0.15, 0.2) is 0 Å². The highest BCUT2D eigenvalue weighted by molar-refractivity contribution is 5.95. The van der Waals surface area contributed by atoms with Gasteiger partial charge in [-0.3, -0.25) is 9.48 Å². The number of amides is 1. The lowest BCUT2D eigenvalue weighted by Crippen LogP contribution is -2.42. The zero-order valence-corrected chi connectivity index (χ0v) is 15.5. The molecule has 3 rings (SSSR count). The molecular formula is C19H27N5O. The minimum atomic E-state index is 0.125. The lowest BCUT2D eigenvalue weighted by Gasteiger charge is -2.35. The maximum atomic E-state index is 12.9. The van der Waals surface area contributed by atoms with E-state index in [1.165, 1.54) is 6.42 Å². The molecule has 1 aliphatic rings. The number of likely N-dealkylation sites (tertiary alicyclic amines) is 1. The smallest absolute Gasteiger partial charge is 0.253 e. The van der Waals surface area contributed by atoms with Crippen LogP contribution in [0.15, 0.2) is 24.5 Å². The lowest BCUT2D eigenvalue weighted by molar-refractivity contribution is 0.0623. The Bertz CT molecular complexity index is 744. The van der Waals surface area contributed by atoms with E-state index in [4.69, 9.17) is 0 Å². The Hall–Kier alpha value is -2.37. The molecule has 2 atom stereocenters. The van der Waals surface area contributed by atoms with E-state index in [0.717, 1.165) is 35.7 Å². The molecule has 0 bridgehead atoms. The number of anilines is 1. The van der Waals surface area contributed by atoms with Gasteiger partial charge >= 0.3 is 0 Å². The molecule has 1 aromatic heterocycles. The van der Waals surface area contributed by atoms with E-state index >= 15 is 0 Å². The van der Waals surface area contributed by atoms with Crippen LogP contribution >= 0.6 is 0 Å². The molecule has 1 fully saturated rings. The Kier molecular flexibility index (Phi) is 5.06. The van der Waals surface area contributed by atoms with Crippen molar-refractivity contribution in [1.82, 2.24) is 19.7 Å². The summed E-state index contributed by atoms with van der Waals surface area (Å²) in [5, 5.41) is 7.46. The second kappa shape index (κ2) is 7.25. The first-order valence-corrected chi connectivity index (χ1v) is 8.90. The highest BCUT2D eigenvalue weighted by Crippen LogP contribution is 2.24. The van der Waals surface area contributed by atoms with Gasteiger partial charge in [-0.25, -0.2) is 4.98 Å². The SMILES string of the molecule is Cc1ccc(C(=O)N2C[C@H](C)C[C@H](C)C2)cc1NCc1ncnn1C. The van der Waals surface area contributed by atoms with Crippen molar-refractivity contribution in [3.05, 3.63) is 41.5 Å². The third kappa shape index (κ3) is 4.00. The Labute approximate surface area is 149 Å². The van der Waals surface area contributed by atoms with Gasteiger partial charge in [-0.15, -0.1) is 0 Å². The Morgan fingerprint density at radius 3 is 2.64 bits per heavy atom. The average Bonchev–Trinajstić information content (AvgIpc) is 2.97. The van der Waals surface area contributed by atoms with Crippen LogP contribution in [0, 0.1) is 18.8 Å². The number of piperidine rings is 1. The minimum Gasteiger partial charge on any atom is -0.378 e. The van der Waals surface area contributed by atoms with Crippen LogP contribution in [0.5, 0.6) is 0 Å². The Morgan fingerprint density at radius 2 is 2.00 bits per heavy atom. The number of nitrogens with one attached hydrogen (secondary N) is 1. The highest BCUT2D eigenvalue weighted by atomic mass is 16.2. The summed E-state index contributed by atoms with van der Waals surface area (Å²) in [5.41, 5.74) is 2.82. The topological polar surface area (TPSA) is 63.1 Å². The fourth-order valence-corrected chi connectivity index (χ4v) is 3.61. The van der Waals surface area contributed by atoms with Crippen LogP contribution in [0.4, 0.5) is 5.69 Å². The quantitative estimate of drug-likeness (QED) is 0.929. The van der Waals surface area contributed by atoms with Crippen LogP contribution < -0.4 is 5.32 Å². The van der Waals surface area contributed by atoms with E-state index in [1.54, 1.807) is 11.0 Å². The molecule has 0 radical (unpaired) electrons. The first-order valence-electron chi connectivity index (χ1n) is 8.90. The molecule has 1 saturated heterocycles. The number of nitrogens with zero attached hydrogens (tertiary/aromatic N) is 4. The molecule has 2 aromatic rings. The highest BCUT2D eigenvalue weighted by Gasteiger charge is 2.26. The third-order valence-corrected chi connectivity index (χ3v) is 4.88. The molecule has 6 heteroatoms. The third-order valence-electron chi connectivity index (χ3n) is 4.88. The number of benzene rings is 1. The second-order valence-electron chi connectivity index (χ2n) is 7.34. The van der Waals surface area contributed by atoms with E-state index < -0.39 is 0 Å². The molecule has 1 aliphatic heterocycles. The molecule has 134 valence electrons. The summed E-state index contributed by atoms with van der Waals surface area (Å²) in [6.45, 7) is 8.75. The summed E-state index contributed by atoms with van der Waals surface area (Å²) < 4.78 is 1.74. The molecule has 6 nitrogen and oxygen atoms in total. The van der Waals surface area contributed by atoms with Gasteiger partial charge < -0.3 is 10.2 Å². The number of hydrogen-bond acceptors (Lipinski definition) is 4. The van der Waals surface area contributed by atoms with Crippen molar-refractivity contribution in [1.29, 1.82) is 0 Å². The van der Waals surface area contributed by atoms with Crippen molar-refractivity contribution in [2.24, 2.45) is 18.9 Å². The number of carbonyl (C=O) groups excluding carboxylic acids is 1. The molecule has 0 unspecified atom stereocenters. The maximum absolute atomic E-state index is 12.9. The van der Waals surface area contributed by atoms with Gasteiger partial charge in [0.2, 0.25) is 0 Å². The normalized spacial score (nSPS) is 20.6. The Balaban J connectivity index is 1.74. The van der Waals surface area contributed by atoms with E-state index in [-0.39, 0.29) is 5.91 Å². The van der Waals surface area contributed by atoms with Gasteiger partial charge in [0.1, 0.15) is 12.2 Å². The summed E-state index contributed by atoms with van der Waals surface area (Å²) in [6.07, 6.45) is 2.74. The predicted molar refractivity (Wildman–Crippen MR) is 98.4 cm³/mol. The van der Waals surface area contributed by atoms with Crippen LogP contribution in [0.25, 0.3) is 0 Å². The monoisotopic (exact) mass is 341 g/mol. The van der Waals surface area contributed by atoms with Crippen LogP contribution in [0.3, 0.4) is 0 Å². The Morgan fingerprint density at radius 1 is 1.28 bits per heavy atom. The molecule has 2 heterocycles. The average molecular weight is 341 g/mol. The number of aryl methyl sites for hydroxylation is 2. The van der Waals surface area contributed by atoms with Crippen molar-refractivity contribution < 1.29 is 4.79 Å². The van der Waals surface area contributed by atoms with Crippen LogP contribution in [0.1, 0.15) is 42.0 Å². The second-order valence-corrected chi connectivity index (χ2v) is 7.34. The summed E-state index contributed by atoms with van der Waals surface area (Å²) in [7, 11) is 1.87. The fraction of sp³-hybridized carbons (Fsp3) is 0.526. The van der Waals surface area contributed by atoms with Gasteiger partial charge in [-0.2, -0.15) is 5.10 Å². The van der Waals surface area contributed by atoms with Crippen LogP contribution in [-0.2, 0) is 13.6 Å². The summed E-state index contributed by atoms with van der Waals surface area (Å²) in [6, 6.07) is 5.89. The largest absolute Gasteiger partial charge is 0.378 e.